The summed E-state index contributed by atoms with van der Waals surface area (Å²) in [4.78, 5) is 11.1. The van der Waals surface area contributed by atoms with Crippen molar-refractivity contribution in [1.82, 2.24) is 5.32 Å². The lowest BCUT2D eigenvalue weighted by molar-refractivity contribution is 0.0329. The van der Waals surface area contributed by atoms with Gasteiger partial charge in [-0.05, 0) is 66.5 Å². The molecule has 6 heteroatoms. The largest absolute Gasteiger partial charge is 0.385 e. The smallest absolute Gasteiger partial charge is 0.249 e. The van der Waals surface area contributed by atoms with Crippen LogP contribution in [0.2, 0.25) is 0 Å². The summed E-state index contributed by atoms with van der Waals surface area (Å²) in [6.45, 7) is 3.73. The summed E-state index contributed by atoms with van der Waals surface area (Å²) in [5.41, 5.74) is 6.73. The Labute approximate surface area is 133 Å². The summed E-state index contributed by atoms with van der Waals surface area (Å²) < 4.78 is 6.56. The number of nitrogens with two attached hydrogens (primary N) is 1. The second kappa shape index (κ2) is 8.36. The number of hydrogen-bond acceptors (Lipinski definition) is 4. The van der Waals surface area contributed by atoms with Gasteiger partial charge in [-0.3, -0.25) is 4.79 Å². The van der Waals surface area contributed by atoms with E-state index in [1.54, 1.807) is 6.07 Å². The molecule has 1 aromatic rings. The van der Waals surface area contributed by atoms with Crippen LogP contribution in [0.15, 0.2) is 22.7 Å². The molecule has 1 saturated heterocycles. The van der Waals surface area contributed by atoms with Gasteiger partial charge in [0.25, 0.3) is 0 Å². The van der Waals surface area contributed by atoms with Gasteiger partial charge in [-0.1, -0.05) is 0 Å². The van der Waals surface area contributed by atoms with Gasteiger partial charge in [-0.25, -0.2) is 0 Å². The molecule has 21 heavy (non-hydrogen) atoms. The first kappa shape index (κ1) is 16.3. The molecule has 5 nitrogen and oxygen atoms in total. The quantitative estimate of drug-likeness (QED) is 0.654. The molecule has 0 atom stereocenters. The highest BCUT2D eigenvalue weighted by Crippen LogP contribution is 2.21. The Hall–Kier alpha value is -1.11. The van der Waals surface area contributed by atoms with Gasteiger partial charge in [0.1, 0.15) is 0 Å². The number of carbonyl (C=O) groups is 1. The minimum absolute atomic E-state index is 0.412. The summed E-state index contributed by atoms with van der Waals surface area (Å²) in [6, 6.07) is 5.45. The fraction of sp³-hybridized carbons (Fsp3) is 0.533. The van der Waals surface area contributed by atoms with Crippen LogP contribution in [0.4, 0.5) is 5.69 Å². The predicted molar refractivity (Wildman–Crippen MR) is 87.6 cm³/mol. The van der Waals surface area contributed by atoms with Crippen molar-refractivity contribution in [3.63, 3.8) is 0 Å². The number of carbonyl (C=O) groups excluding carboxylic acids is 1. The van der Waals surface area contributed by atoms with E-state index in [2.05, 4.69) is 26.6 Å². The molecule has 0 aliphatic carbocycles. The van der Waals surface area contributed by atoms with E-state index in [-0.39, 0.29) is 0 Å². The molecule has 0 spiro atoms. The van der Waals surface area contributed by atoms with Crippen molar-refractivity contribution >= 4 is 27.5 Å². The number of hydrogen-bond donors (Lipinski definition) is 3. The predicted octanol–water partition coefficient (Wildman–Crippen LogP) is 2.12. The van der Waals surface area contributed by atoms with E-state index in [0.29, 0.717) is 16.1 Å². The van der Waals surface area contributed by atoms with Crippen LogP contribution < -0.4 is 16.4 Å². The van der Waals surface area contributed by atoms with Crippen molar-refractivity contribution < 1.29 is 9.53 Å². The highest BCUT2D eigenvalue weighted by molar-refractivity contribution is 9.10. The summed E-state index contributed by atoms with van der Waals surface area (Å²) in [5.74, 6) is -0.427. The average molecular weight is 356 g/mol. The summed E-state index contributed by atoms with van der Waals surface area (Å²) in [6.07, 6.45) is 3.58. The molecule has 4 N–H and O–H groups in total. The molecule has 0 unspecified atom stereocenters. The first-order valence-electron chi connectivity index (χ1n) is 7.32. The number of amides is 1. The number of piperidine rings is 1. The third-order valence-electron chi connectivity index (χ3n) is 3.52. The van der Waals surface area contributed by atoms with Crippen LogP contribution in [0.1, 0.15) is 29.6 Å². The minimum atomic E-state index is -0.427. The molecular weight excluding hydrogens is 334 g/mol. The first-order chi connectivity index (χ1) is 10.2. The lowest BCUT2D eigenvalue weighted by Crippen LogP contribution is -2.32. The molecule has 1 aromatic carbocycles. The van der Waals surface area contributed by atoms with Gasteiger partial charge in [0.05, 0.1) is 11.7 Å². The maximum absolute atomic E-state index is 11.1. The molecule has 1 fully saturated rings. The molecule has 116 valence electrons. The van der Waals surface area contributed by atoms with Gasteiger partial charge >= 0.3 is 0 Å². The number of benzene rings is 1. The van der Waals surface area contributed by atoms with E-state index in [1.807, 2.05) is 12.1 Å². The lowest BCUT2D eigenvalue weighted by atomic mass is 10.1. The SMILES string of the molecule is NC(=O)c1ccc(NCCCOC2CCNCC2)cc1Br. The van der Waals surface area contributed by atoms with Crippen LogP contribution in [0, 0.1) is 0 Å². The number of halogens is 1. The molecule has 1 heterocycles. The Kier molecular flexibility index (Phi) is 6.48. The zero-order chi connectivity index (χ0) is 15.1. The van der Waals surface area contributed by atoms with Crippen LogP contribution >= 0.6 is 15.9 Å². The van der Waals surface area contributed by atoms with Crippen molar-refractivity contribution in [2.24, 2.45) is 5.73 Å². The van der Waals surface area contributed by atoms with Crippen LogP contribution in [0.3, 0.4) is 0 Å². The van der Waals surface area contributed by atoms with Crippen molar-refractivity contribution in [2.75, 3.05) is 31.6 Å². The average Bonchev–Trinajstić information content (AvgIpc) is 2.47. The molecule has 1 aliphatic heterocycles. The normalized spacial score (nSPS) is 15.9. The highest BCUT2D eigenvalue weighted by Gasteiger charge is 2.12. The Bertz CT molecular complexity index is 476. The topological polar surface area (TPSA) is 76.4 Å². The summed E-state index contributed by atoms with van der Waals surface area (Å²) >= 11 is 3.35. The van der Waals surface area contributed by atoms with E-state index >= 15 is 0 Å². The van der Waals surface area contributed by atoms with E-state index in [1.165, 1.54) is 0 Å². The van der Waals surface area contributed by atoms with Gasteiger partial charge in [0, 0.05) is 23.3 Å². The van der Waals surface area contributed by atoms with Crippen molar-refractivity contribution in [1.29, 1.82) is 0 Å². The zero-order valence-electron chi connectivity index (χ0n) is 12.0. The van der Waals surface area contributed by atoms with Crippen molar-refractivity contribution in [2.45, 2.75) is 25.4 Å². The molecular formula is C15H22BrN3O2. The van der Waals surface area contributed by atoms with Gasteiger partial charge in [-0.15, -0.1) is 0 Å². The Morgan fingerprint density at radius 3 is 2.86 bits per heavy atom. The van der Waals surface area contributed by atoms with Crippen LogP contribution in [-0.2, 0) is 4.74 Å². The third-order valence-corrected chi connectivity index (χ3v) is 4.18. The maximum Gasteiger partial charge on any atom is 0.249 e. The fourth-order valence-corrected chi connectivity index (χ4v) is 2.92. The number of anilines is 1. The molecule has 0 saturated carbocycles. The second-order valence-corrected chi connectivity index (χ2v) is 6.01. The van der Waals surface area contributed by atoms with Gasteiger partial charge in [-0.2, -0.15) is 0 Å². The third kappa shape index (κ3) is 5.30. The number of rotatable bonds is 7. The van der Waals surface area contributed by atoms with Crippen molar-refractivity contribution in [3.05, 3.63) is 28.2 Å². The number of primary amides is 1. The molecule has 1 amide bonds. The van der Waals surface area contributed by atoms with Gasteiger partial charge in [0.15, 0.2) is 0 Å². The fourth-order valence-electron chi connectivity index (χ4n) is 2.34. The minimum Gasteiger partial charge on any atom is -0.385 e. The van der Waals surface area contributed by atoms with Gasteiger partial charge in [0.2, 0.25) is 5.91 Å². The van der Waals surface area contributed by atoms with E-state index < -0.39 is 5.91 Å². The van der Waals surface area contributed by atoms with Crippen LogP contribution in [0.5, 0.6) is 0 Å². The Morgan fingerprint density at radius 2 is 2.19 bits per heavy atom. The standard InChI is InChI=1S/C15H22BrN3O2/c16-14-10-11(2-3-13(14)15(17)20)19-6-1-9-21-12-4-7-18-8-5-12/h2-3,10,12,18-19H,1,4-9H2,(H2,17,20). The van der Waals surface area contributed by atoms with Gasteiger partial charge < -0.3 is 21.1 Å². The van der Waals surface area contributed by atoms with Crippen LogP contribution in [0.25, 0.3) is 0 Å². The van der Waals surface area contributed by atoms with Crippen LogP contribution in [-0.4, -0.2) is 38.3 Å². The van der Waals surface area contributed by atoms with E-state index in [9.17, 15) is 4.79 Å². The molecule has 0 radical (unpaired) electrons. The Balaban J connectivity index is 1.66. The van der Waals surface area contributed by atoms with Crippen molar-refractivity contribution in [3.8, 4) is 0 Å². The van der Waals surface area contributed by atoms with E-state index in [0.717, 1.165) is 51.2 Å². The molecule has 2 rings (SSSR count). The van der Waals surface area contributed by atoms with E-state index in [4.69, 9.17) is 10.5 Å². The first-order valence-corrected chi connectivity index (χ1v) is 8.11. The monoisotopic (exact) mass is 355 g/mol. The summed E-state index contributed by atoms with van der Waals surface area (Å²) in [5, 5.41) is 6.64. The second-order valence-electron chi connectivity index (χ2n) is 5.16. The maximum atomic E-state index is 11.1. The number of nitrogens with one attached hydrogen (secondary N) is 2. The summed E-state index contributed by atoms with van der Waals surface area (Å²) in [7, 11) is 0. The molecule has 0 bridgehead atoms. The molecule has 0 aromatic heterocycles. The zero-order valence-corrected chi connectivity index (χ0v) is 13.6. The Morgan fingerprint density at radius 1 is 1.43 bits per heavy atom. The lowest BCUT2D eigenvalue weighted by Gasteiger charge is -2.22. The molecule has 1 aliphatic rings. The number of ether oxygens (including phenoxy) is 1. The highest BCUT2D eigenvalue weighted by atomic mass is 79.9.